The lowest BCUT2D eigenvalue weighted by atomic mass is 9.91. The first kappa shape index (κ1) is 22.1. The van der Waals surface area contributed by atoms with Crippen LogP contribution in [0.5, 0.6) is 11.5 Å². The number of rotatable bonds is 10. The molecule has 31 heavy (non-hydrogen) atoms. The highest BCUT2D eigenvalue weighted by Gasteiger charge is 2.28. The molecule has 0 bridgehead atoms. The number of phenols is 2. The topological polar surface area (TPSA) is 106 Å². The smallest absolute Gasteiger partial charge is 0.122 e. The number of epoxide rings is 2. The molecule has 168 valence electrons. The van der Waals surface area contributed by atoms with Crippen LogP contribution < -0.4 is 0 Å². The van der Waals surface area contributed by atoms with Crippen LogP contribution in [0.3, 0.4) is 0 Å². The van der Waals surface area contributed by atoms with Crippen LogP contribution in [0.1, 0.15) is 47.2 Å². The molecular weight excluding hydrogens is 396 g/mol. The molecule has 2 heterocycles. The third-order valence-electron chi connectivity index (χ3n) is 5.79. The van der Waals surface area contributed by atoms with Crippen molar-refractivity contribution in [2.24, 2.45) is 0 Å². The lowest BCUT2D eigenvalue weighted by molar-refractivity contribution is 0.191. The summed E-state index contributed by atoms with van der Waals surface area (Å²) >= 11 is 0. The normalized spacial score (nSPS) is 21.7. The lowest BCUT2D eigenvalue weighted by Crippen LogP contribution is -2.09. The van der Waals surface area contributed by atoms with E-state index in [2.05, 4.69) is 0 Å². The molecule has 4 N–H and O–H groups in total. The zero-order valence-corrected chi connectivity index (χ0v) is 18.2. The first-order valence-electron chi connectivity index (χ1n) is 11.0. The fourth-order valence-corrected chi connectivity index (χ4v) is 4.23. The van der Waals surface area contributed by atoms with Crippen LogP contribution in [-0.2, 0) is 41.6 Å². The summed E-state index contributed by atoms with van der Waals surface area (Å²) in [6, 6.07) is 7.91. The molecule has 2 saturated heterocycles. The van der Waals surface area contributed by atoms with Crippen LogP contribution in [0.4, 0.5) is 0 Å². The van der Waals surface area contributed by atoms with Crippen molar-refractivity contribution in [1.82, 2.24) is 0 Å². The van der Waals surface area contributed by atoms with Crippen molar-refractivity contribution in [3.63, 3.8) is 0 Å². The zero-order valence-electron chi connectivity index (χ0n) is 18.2. The molecule has 0 spiro atoms. The summed E-state index contributed by atoms with van der Waals surface area (Å²) in [5.41, 5.74) is 5.21. The first-order valence-corrected chi connectivity index (χ1v) is 11.0. The van der Waals surface area contributed by atoms with Gasteiger partial charge in [-0.2, -0.15) is 0 Å². The Morgan fingerprint density at radius 2 is 1.10 bits per heavy atom. The minimum Gasteiger partial charge on any atom is -0.507 e. The van der Waals surface area contributed by atoms with Gasteiger partial charge in [-0.1, -0.05) is 24.3 Å². The number of hydrogen-bond donors (Lipinski definition) is 4. The summed E-state index contributed by atoms with van der Waals surface area (Å²) in [5.74, 6) is 0.486. The molecular formula is C25H32O6. The maximum absolute atomic E-state index is 10.8. The van der Waals surface area contributed by atoms with Crippen molar-refractivity contribution in [2.45, 2.75) is 70.4 Å². The van der Waals surface area contributed by atoms with E-state index in [4.69, 9.17) is 9.47 Å². The average molecular weight is 429 g/mol. The van der Waals surface area contributed by atoms with Crippen LogP contribution in [-0.4, -0.2) is 58.1 Å². The summed E-state index contributed by atoms with van der Waals surface area (Å²) in [5, 5.41) is 41.1. The predicted molar refractivity (Wildman–Crippen MR) is 117 cm³/mol. The second kappa shape index (κ2) is 9.17. The van der Waals surface area contributed by atoms with Gasteiger partial charge in [-0.25, -0.2) is 0 Å². The maximum Gasteiger partial charge on any atom is 0.122 e. The molecule has 0 amide bonds. The van der Waals surface area contributed by atoms with E-state index in [-0.39, 0.29) is 18.0 Å². The van der Waals surface area contributed by atoms with Crippen LogP contribution in [0.15, 0.2) is 24.3 Å². The molecule has 2 aliphatic heterocycles. The van der Waals surface area contributed by atoms with Gasteiger partial charge in [0.1, 0.15) is 11.5 Å². The summed E-state index contributed by atoms with van der Waals surface area (Å²) in [6.07, 6.45) is 1.88. The van der Waals surface area contributed by atoms with Crippen molar-refractivity contribution in [3.8, 4) is 11.5 Å². The van der Waals surface area contributed by atoms with Crippen LogP contribution in [0, 0.1) is 0 Å². The monoisotopic (exact) mass is 428 g/mol. The van der Waals surface area contributed by atoms with Gasteiger partial charge in [0, 0.05) is 25.7 Å². The lowest BCUT2D eigenvalue weighted by Gasteiger charge is -2.17. The van der Waals surface area contributed by atoms with Gasteiger partial charge in [0.05, 0.1) is 37.6 Å². The summed E-state index contributed by atoms with van der Waals surface area (Å²) in [6.45, 7) is 4.85. The molecule has 2 aromatic rings. The van der Waals surface area contributed by atoms with Gasteiger partial charge in [0.25, 0.3) is 0 Å². The minimum atomic E-state index is -0.579. The molecule has 6 heteroatoms. The quantitative estimate of drug-likeness (QED) is 0.433. The number of ether oxygens (including phenoxy) is 2. The number of hydrogen-bond acceptors (Lipinski definition) is 6. The molecule has 2 aliphatic rings. The molecule has 0 aromatic heterocycles. The second-order valence-corrected chi connectivity index (χ2v) is 9.13. The van der Waals surface area contributed by atoms with Crippen molar-refractivity contribution < 1.29 is 29.9 Å². The second-order valence-electron chi connectivity index (χ2n) is 9.13. The number of phenolic OH excluding ortho intramolecular Hbond substituents is 2. The number of benzene rings is 2. The molecule has 6 nitrogen and oxygen atoms in total. The van der Waals surface area contributed by atoms with Crippen molar-refractivity contribution >= 4 is 0 Å². The highest BCUT2D eigenvalue weighted by atomic mass is 16.6. The fourth-order valence-electron chi connectivity index (χ4n) is 4.23. The Hall–Kier alpha value is -2.12. The Morgan fingerprint density at radius 1 is 0.742 bits per heavy atom. The minimum absolute atomic E-state index is 0.148. The third kappa shape index (κ3) is 5.98. The van der Waals surface area contributed by atoms with Gasteiger partial charge in [0.15, 0.2) is 0 Å². The summed E-state index contributed by atoms with van der Waals surface area (Å²) in [7, 11) is 0. The third-order valence-corrected chi connectivity index (χ3v) is 5.79. The van der Waals surface area contributed by atoms with E-state index in [1.807, 2.05) is 24.3 Å². The van der Waals surface area contributed by atoms with Crippen molar-refractivity contribution in [3.05, 3.63) is 57.6 Å². The maximum atomic E-state index is 10.8. The molecule has 2 aromatic carbocycles. The molecule has 0 radical (unpaired) electrons. The summed E-state index contributed by atoms with van der Waals surface area (Å²) < 4.78 is 10.7. The fraction of sp³-hybridized carbons (Fsp3) is 0.520. The number of aliphatic hydroxyl groups excluding tert-OH is 2. The first-order chi connectivity index (χ1) is 14.8. The average Bonchev–Trinajstić information content (AvgIpc) is 3.58. The van der Waals surface area contributed by atoms with Crippen LogP contribution in [0.25, 0.3) is 0 Å². The Morgan fingerprint density at radius 3 is 1.45 bits per heavy atom. The Balaban J connectivity index is 1.66. The predicted octanol–water partition coefficient (Wildman–Crippen LogP) is 2.42. The van der Waals surface area contributed by atoms with E-state index in [1.165, 1.54) is 0 Å². The largest absolute Gasteiger partial charge is 0.507 e. The van der Waals surface area contributed by atoms with E-state index < -0.39 is 12.2 Å². The molecule has 2 fully saturated rings. The zero-order chi connectivity index (χ0) is 22.1. The van der Waals surface area contributed by atoms with E-state index >= 15 is 0 Å². The van der Waals surface area contributed by atoms with E-state index in [0.717, 1.165) is 35.5 Å². The Labute approximate surface area is 183 Å². The molecule has 4 rings (SSSR count). The van der Waals surface area contributed by atoms with Crippen molar-refractivity contribution in [1.29, 1.82) is 0 Å². The standard InChI is InChI=1S/C25H32O6/c1-14(26)3-18-6-16(7-19(24(18)28)4-15(2)27)5-17-8-20(10-22-12-30-22)25(29)21(9-17)11-23-13-31-23/h6-9,14-15,22-23,26-29H,3-5,10-13H2,1-2H3. The Kier molecular flexibility index (Phi) is 6.53. The van der Waals surface area contributed by atoms with E-state index in [0.29, 0.717) is 49.0 Å². The molecule has 0 saturated carbocycles. The Bertz CT molecular complexity index is 802. The van der Waals surface area contributed by atoms with Crippen LogP contribution in [0.2, 0.25) is 0 Å². The number of aromatic hydroxyl groups is 2. The molecule has 0 aliphatic carbocycles. The van der Waals surface area contributed by atoms with E-state index in [9.17, 15) is 20.4 Å². The van der Waals surface area contributed by atoms with Gasteiger partial charge in [0.2, 0.25) is 0 Å². The van der Waals surface area contributed by atoms with Crippen LogP contribution >= 0.6 is 0 Å². The molecule has 4 atom stereocenters. The van der Waals surface area contributed by atoms with E-state index in [1.54, 1.807) is 13.8 Å². The SMILES string of the molecule is CC(O)Cc1cc(Cc2cc(CC3CO3)c(O)c(CC3CO3)c2)cc(CC(C)O)c1O. The summed E-state index contributed by atoms with van der Waals surface area (Å²) in [4.78, 5) is 0. The van der Waals surface area contributed by atoms with Crippen molar-refractivity contribution in [2.75, 3.05) is 13.2 Å². The highest BCUT2D eigenvalue weighted by Crippen LogP contribution is 2.33. The van der Waals surface area contributed by atoms with Gasteiger partial charge in [-0.05, 0) is 53.6 Å². The van der Waals surface area contributed by atoms with Gasteiger partial charge in [-0.3, -0.25) is 0 Å². The molecule has 4 unspecified atom stereocenters. The number of aliphatic hydroxyl groups is 2. The highest BCUT2D eigenvalue weighted by molar-refractivity contribution is 5.49. The van der Waals surface area contributed by atoms with Gasteiger partial charge >= 0.3 is 0 Å². The van der Waals surface area contributed by atoms with Gasteiger partial charge in [-0.15, -0.1) is 0 Å². The van der Waals surface area contributed by atoms with Gasteiger partial charge < -0.3 is 29.9 Å².